The maximum absolute atomic E-state index is 14.9. The summed E-state index contributed by atoms with van der Waals surface area (Å²) in [6, 6.07) is 6.09. The van der Waals surface area contributed by atoms with E-state index < -0.39 is 29.4 Å². The second-order valence-electron chi connectivity index (χ2n) is 10.4. The van der Waals surface area contributed by atoms with Gasteiger partial charge in [-0.05, 0) is 48.2 Å². The highest BCUT2D eigenvalue weighted by molar-refractivity contribution is 6.31. The maximum atomic E-state index is 14.9. The average molecular weight is 561 g/mol. The number of amides is 3. The summed E-state index contributed by atoms with van der Waals surface area (Å²) in [5.74, 6) is -3.97. The van der Waals surface area contributed by atoms with E-state index in [2.05, 4.69) is 15.5 Å². The molecule has 8 nitrogen and oxygen atoms in total. The van der Waals surface area contributed by atoms with Gasteiger partial charge in [0.2, 0.25) is 17.7 Å². The molecule has 39 heavy (non-hydrogen) atoms. The summed E-state index contributed by atoms with van der Waals surface area (Å²) in [5, 5.41) is 5.74. The van der Waals surface area contributed by atoms with Gasteiger partial charge in [-0.2, -0.15) is 0 Å². The third kappa shape index (κ3) is 6.23. The molecule has 5 rings (SSSR count). The highest BCUT2D eigenvalue weighted by Gasteiger charge is 2.34. The number of hydrogen-bond acceptors (Lipinski definition) is 6. The summed E-state index contributed by atoms with van der Waals surface area (Å²) in [5.41, 5.74) is 2.94. The van der Waals surface area contributed by atoms with E-state index in [4.69, 9.17) is 16.3 Å². The van der Waals surface area contributed by atoms with Crippen LogP contribution in [0.1, 0.15) is 41.0 Å². The first-order valence-corrected chi connectivity index (χ1v) is 13.5. The Morgan fingerprint density at radius 3 is 2.49 bits per heavy atom. The molecule has 3 aliphatic rings. The fraction of sp³-hybridized carbons (Fsp3) is 0.464. The summed E-state index contributed by atoms with van der Waals surface area (Å²) in [6.07, 6.45) is 0.279. The Balaban J connectivity index is 1.16. The van der Waals surface area contributed by atoms with Crippen LogP contribution in [0.3, 0.4) is 0 Å². The van der Waals surface area contributed by atoms with Gasteiger partial charge in [-0.3, -0.25) is 24.6 Å². The number of piperidine rings is 1. The summed E-state index contributed by atoms with van der Waals surface area (Å²) >= 11 is 6.47. The van der Waals surface area contributed by atoms with Crippen LogP contribution < -0.4 is 15.5 Å². The second kappa shape index (κ2) is 11.6. The zero-order chi connectivity index (χ0) is 27.7. The molecule has 0 aliphatic carbocycles. The number of nitrogens with one attached hydrogen (secondary N) is 2. The second-order valence-corrected chi connectivity index (χ2v) is 10.8. The quantitative estimate of drug-likeness (QED) is 0.506. The van der Waals surface area contributed by atoms with Crippen LogP contribution in [0.15, 0.2) is 24.3 Å². The molecule has 0 spiro atoms. The first-order valence-electron chi connectivity index (χ1n) is 13.1. The molecule has 1 unspecified atom stereocenters. The van der Waals surface area contributed by atoms with Crippen LogP contribution in [0.5, 0.6) is 0 Å². The van der Waals surface area contributed by atoms with Crippen LogP contribution in [0, 0.1) is 18.6 Å². The molecule has 1 atom stereocenters. The van der Waals surface area contributed by atoms with Crippen molar-refractivity contribution in [3.05, 3.63) is 63.2 Å². The molecular formula is C28H31ClF2N4O4. The van der Waals surface area contributed by atoms with E-state index in [0.29, 0.717) is 37.0 Å². The van der Waals surface area contributed by atoms with Crippen LogP contribution >= 0.6 is 11.6 Å². The Morgan fingerprint density at radius 2 is 1.82 bits per heavy atom. The summed E-state index contributed by atoms with van der Waals surface area (Å²) in [7, 11) is 0. The number of imide groups is 1. The maximum Gasteiger partial charge on any atom is 0.234 e. The lowest BCUT2D eigenvalue weighted by atomic mass is 9.89. The molecule has 0 bridgehead atoms. The molecule has 0 saturated carbocycles. The lowest BCUT2D eigenvalue weighted by molar-refractivity contribution is -0.134. The number of carbonyl (C=O) groups is 3. The smallest absolute Gasteiger partial charge is 0.234 e. The number of rotatable bonds is 7. The number of nitrogens with zero attached hydrogens (tertiary/aromatic N) is 2. The number of hydrogen-bond donors (Lipinski definition) is 2. The SMILES string of the molecule is Cc1c(Cl)cc(CC(=O)NC2CN(c3cc(F)c(C4CCC(=O)NC4=O)c(F)c3)C2)cc1CN1CCOCC1. The molecular weight excluding hydrogens is 530 g/mol. The van der Waals surface area contributed by atoms with E-state index in [9.17, 15) is 23.2 Å². The standard InChI is InChI=1S/C28H31ClF2N4O4/c1-16-18(13-34-4-6-39-7-5-34)8-17(9-22(16)29)10-26(37)32-19-14-35(15-19)20-11-23(30)27(24(31)12-20)21-2-3-25(36)33-28(21)38/h8-9,11-12,19,21H,2-7,10,13-15H2,1H3,(H,32,37)(H,33,36,38). The number of halogens is 3. The fourth-order valence-corrected chi connectivity index (χ4v) is 5.63. The van der Waals surface area contributed by atoms with E-state index in [1.54, 1.807) is 4.90 Å². The van der Waals surface area contributed by atoms with Crippen molar-refractivity contribution in [3.63, 3.8) is 0 Å². The Labute approximate surface area is 230 Å². The van der Waals surface area contributed by atoms with Crippen molar-refractivity contribution in [1.29, 1.82) is 0 Å². The Morgan fingerprint density at radius 1 is 1.13 bits per heavy atom. The average Bonchev–Trinajstić information content (AvgIpc) is 2.85. The monoisotopic (exact) mass is 560 g/mol. The Bertz CT molecular complexity index is 1270. The van der Waals surface area contributed by atoms with E-state index >= 15 is 0 Å². The summed E-state index contributed by atoms with van der Waals surface area (Å²) in [6.45, 7) is 6.65. The van der Waals surface area contributed by atoms with Gasteiger partial charge < -0.3 is 15.0 Å². The highest BCUT2D eigenvalue weighted by Crippen LogP contribution is 2.33. The third-order valence-corrected chi connectivity index (χ3v) is 8.03. The van der Waals surface area contributed by atoms with Crippen molar-refractivity contribution < 1.29 is 27.9 Å². The van der Waals surface area contributed by atoms with Crippen molar-refractivity contribution in [2.45, 2.75) is 44.7 Å². The first kappa shape index (κ1) is 27.5. The first-order chi connectivity index (χ1) is 18.7. The minimum Gasteiger partial charge on any atom is -0.379 e. The van der Waals surface area contributed by atoms with Gasteiger partial charge in [0.25, 0.3) is 0 Å². The van der Waals surface area contributed by atoms with E-state index in [-0.39, 0.29) is 36.8 Å². The Hall–Kier alpha value is -3.08. The molecule has 2 aromatic carbocycles. The van der Waals surface area contributed by atoms with Gasteiger partial charge in [-0.25, -0.2) is 8.78 Å². The summed E-state index contributed by atoms with van der Waals surface area (Å²) in [4.78, 5) is 40.3. The normalized spacial score (nSPS) is 20.5. The third-order valence-electron chi connectivity index (χ3n) is 7.64. The van der Waals surface area contributed by atoms with Crippen LogP contribution in [0.2, 0.25) is 5.02 Å². The molecule has 2 N–H and O–H groups in total. The minimum absolute atomic E-state index is 0.0362. The van der Waals surface area contributed by atoms with Gasteiger partial charge in [0, 0.05) is 55.4 Å². The van der Waals surface area contributed by atoms with Gasteiger partial charge in [0.1, 0.15) is 11.6 Å². The van der Waals surface area contributed by atoms with E-state index in [0.717, 1.165) is 36.3 Å². The molecule has 208 valence electrons. The van der Waals surface area contributed by atoms with Crippen molar-refractivity contribution in [2.24, 2.45) is 0 Å². The fourth-order valence-electron chi connectivity index (χ4n) is 5.36. The van der Waals surface area contributed by atoms with E-state index in [1.165, 1.54) is 12.1 Å². The molecule has 0 aromatic heterocycles. The predicted octanol–water partition coefficient (Wildman–Crippen LogP) is 2.83. The molecule has 3 saturated heterocycles. The van der Waals surface area contributed by atoms with Gasteiger partial charge in [-0.1, -0.05) is 17.7 Å². The molecule has 2 aromatic rings. The van der Waals surface area contributed by atoms with Crippen molar-refractivity contribution in [3.8, 4) is 0 Å². The number of benzene rings is 2. The topological polar surface area (TPSA) is 91.0 Å². The van der Waals surface area contributed by atoms with Crippen molar-refractivity contribution in [2.75, 3.05) is 44.3 Å². The number of morpholine rings is 1. The van der Waals surface area contributed by atoms with Gasteiger partial charge >= 0.3 is 0 Å². The lowest BCUT2D eigenvalue weighted by Gasteiger charge is -2.41. The predicted molar refractivity (Wildman–Crippen MR) is 142 cm³/mol. The minimum atomic E-state index is -1.04. The van der Waals surface area contributed by atoms with Gasteiger partial charge in [0.15, 0.2) is 0 Å². The molecule has 11 heteroatoms. The van der Waals surface area contributed by atoms with Gasteiger partial charge in [0.05, 0.1) is 31.6 Å². The number of ether oxygens (including phenoxy) is 1. The zero-order valence-corrected chi connectivity index (χ0v) is 22.5. The summed E-state index contributed by atoms with van der Waals surface area (Å²) < 4.78 is 35.1. The molecule has 3 aliphatic heterocycles. The molecule has 3 amide bonds. The highest BCUT2D eigenvalue weighted by atomic mass is 35.5. The number of carbonyl (C=O) groups excluding carboxylic acids is 3. The van der Waals surface area contributed by atoms with Gasteiger partial charge in [-0.15, -0.1) is 0 Å². The lowest BCUT2D eigenvalue weighted by Crippen LogP contribution is -2.59. The molecule has 3 fully saturated rings. The van der Waals surface area contributed by atoms with Crippen molar-refractivity contribution >= 4 is 35.0 Å². The van der Waals surface area contributed by atoms with Crippen LogP contribution in [-0.4, -0.2) is 68.1 Å². The van der Waals surface area contributed by atoms with Crippen LogP contribution in [0.25, 0.3) is 0 Å². The van der Waals surface area contributed by atoms with Crippen LogP contribution in [0.4, 0.5) is 14.5 Å². The molecule has 3 heterocycles. The largest absolute Gasteiger partial charge is 0.379 e. The van der Waals surface area contributed by atoms with E-state index in [1.807, 2.05) is 19.1 Å². The number of anilines is 1. The molecule has 0 radical (unpaired) electrons. The Kier molecular flexibility index (Phi) is 8.16. The zero-order valence-electron chi connectivity index (χ0n) is 21.7. The van der Waals surface area contributed by atoms with Crippen LogP contribution in [-0.2, 0) is 32.1 Å². The van der Waals surface area contributed by atoms with Crippen molar-refractivity contribution in [1.82, 2.24) is 15.5 Å².